The molecule has 0 radical (unpaired) electrons. The number of piperidine rings is 1. The van der Waals surface area contributed by atoms with E-state index in [4.69, 9.17) is 0 Å². The molecule has 7 nitrogen and oxygen atoms in total. The number of hydrogen-bond donors (Lipinski definition) is 2. The number of carbonyl (C=O) groups is 3. The highest BCUT2D eigenvalue weighted by atomic mass is 16.2. The lowest BCUT2D eigenvalue weighted by molar-refractivity contribution is -0.141. The minimum atomic E-state index is -0.643. The van der Waals surface area contributed by atoms with E-state index >= 15 is 0 Å². The second kappa shape index (κ2) is 7.30. The van der Waals surface area contributed by atoms with Crippen LogP contribution in [0.1, 0.15) is 38.7 Å². The van der Waals surface area contributed by atoms with Crippen LogP contribution < -0.4 is 5.32 Å². The van der Waals surface area contributed by atoms with Crippen LogP contribution in [-0.4, -0.2) is 57.3 Å². The van der Waals surface area contributed by atoms with Crippen LogP contribution in [0.3, 0.4) is 0 Å². The number of fused-ring (bicyclic) bond motifs is 1. The number of likely N-dealkylation sites (tertiary alicyclic amines) is 1. The molecule has 0 unspecified atom stereocenters. The van der Waals surface area contributed by atoms with Crippen molar-refractivity contribution in [2.45, 2.75) is 57.7 Å². The van der Waals surface area contributed by atoms with Crippen molar-refractivity contribution in [2.75, 3.05) is 6.54 Å². The molecule has 0 spiro atoms. The van der Waals surface area contributed by atoms with E-state index in [2.05, 4.69) is 10.3 Å². The molecule has 3 heterocycles. The molecule has 0 saturated carbocycles. The highest BCUT2D eigenvalue weighted by Crippen LogP contribution is 2.24. The SMILES string of the molecule is C[C@H]1CCC[C@H](C)N1C(=O)CN1C(=O)N[C@@H](Cc2c[nH]c3ccccc23)C1=O. The van der Waals surface area contributed by atoms with Crippen molar-refractivity contribution in [1.82, 2.24) is 20.1 Å². The zero-order chi connectivity index (χ0) is 19.8. The molecular weight excluding hydrogens is 356 g/mol. The van der Waals surface area contributed by atoms with Gasteiger partial charge < -0.3 is 15.2 Å². The molecule has 3 atom stereocenters. The van der Waals surface area contributed by atoms with Crippen LogP contribution in [0, 0.1) is 0 Å². The number of amides is 4. The molecule has 2 fully saturated rings. The van der Waals surface area contributed by atoms with E-state index in [-0.39, 0.29) is 30.4 Å². The topological polar surface area (TPSA) is 85.5 Å². The predicted molar refractivity (Wildman–Crippen MR) is 106 cm³/mol. The van der Waals surface area contributed by atoms with E-state index in [0.717, 1.165) is 40.6 Å². The molecule has 1 aromatic carbocycles. The predicted octanol–water partition coefficient (Wildman–Crippen LogP) is 2.42. The Bertz CT molecular complexity index is 911. The molecule has 2 aromatic rings. The maximum Gasteiger partial charge on any atom is 0.325 e. The van der Waals surface area contributed by atoms with Crippen LogP contribution in [0.2, 0.25) is 0 Å². The summed E-state index contributed by atoms with van der Waals surface area (Å²) in [6.07, 6.45) is 5.28. The van der Waals surface area contributed by atoms with Crippen LogP contribution in [0.4, 0.5) is 4.79 Å². The van der Waals surface area contributed by atoms with E-state index in [1.807, 2.05) is 49.2 Å². The maximum absolute atomic E-state index is 12.8. The van der Waals surface area contributed by atoms with Gasteiger partial charge in [0.25, 0.3) is 5.91 Å². The van der Waals surface area contributed by atoms with Crippen LogP contribution in [0.15, 0.2) is 30.5 Å². The van der Waals surface area contributed by atoms with Crippen LogP contribution in [0.5, 0.6) is 0 Å². The summed E-state index contributed by atoms with van der Waals surface area (Å²) in [7, 11) is 0. The van der Waals surface area contributed by atoms with Crippen molar-refractivity contribution < 1.29 is 14.4 Å². The lowest BCUT2D eigenvalue weighted by Crippen LogP contribution is -2.52. The number of para-hydroxylation sites is 1. The van der Waals surface area contributed by atoms with Gasteiger partial charge >= 0.3 is 6.03 Å². The smallest absolute Gasteiger partial charge is 0.325 e. The minimum absolute atomic E-state index is 0.138. The van der Waals surface area contributed by atoms with Crippen LogP contribution >= 0.6 is 0 Å². The largest absolute Gasteiger partial charge is 0.361 e. The first kappa shape index (κ1) is 18.5. The fraction of sp³-hybridized carbons (Fsp3) is 0.476. The average Bonchev–Trinajstić information content (AvgIpc) is 3.18. The monoisotopic (exact) mass is 382 g/mol. The number of carbonyl (C=O) groups excluding carboxylic acids is 3. The van der Waals surface area contributed by atoms with Gasteiger partial charge in [-0.05, 0) is 44.7 Å². The lowest BCUT2D eigenvalue weighted by Gasteiger charge is -2.39. The maximum atomic E-state index is 12.8. The number of hydrogen-bond acceptors (Lipinski definition) is 3. The molecule has 1 aromatic heterocycles. The fourth-order valence-corrected chi connectivity index (χ4v) is 4.52. The number of aromatic amines is 1. The fourth-order valence-electron chi connectivity index (χ4n) is 4.52. The lowest BCUT2D eigenvalue weighted by atomic mass is 9.97. The first-order valence-corrected chi connectivity index (χ1v) is 9.93. The van der Waals surface area contributed by atoms with E-state index in [9.17, 15) is 14.4 Å². The number of rotatable bonds is 4. The molecule has 0 bridgehead atoms. The Hall–Kier alpha value is -2.83. The van der Waals surface area contributed by atoms with Gasteiger partial charge in [0, 0.05) is 35.6 Å². The Morgan fingerprint density at radius 2 is 1.86 bits per heavy atom. The molecule has 0 aliphatic carbocycles. The Labute approximate surface area is 164 Å². The zero-order valence-electron chi connectivity index (χ0n) is 16.3. The van der Waals surface area contributed by atoms with Gasteiger partial charge in [0.05, 0.1) is 0 Å². The van der Waals surface area contributed by atoms with Gasteiger partial charge in [0.1, 0.15) is 12.6 Å². The Morgan fingerprint density at radius 1 is 1.14 bits per heavy atom. The standard InChI is InChI=1S/C21H26N4O3/c1-13-6-5-7-14(2)25(13)19(26)12-24-20(27)18(23-21(24)28)10-15-11-22-17-9-4-3-8-16(15)17/h3-4,8-9,11,13-14,18,22H,5-7,10,12H2,1-2H3,(H,23,28)/t13-,14-,18-/m0/s1. The number of nitrogens with one attached hydrogen (secondary N) is 2. The quantitative estimate of drug-likeness (QED) is 0.797. The summed E-state index contributed by atoms with van der Waals surface area (Å²) in [5, 5.41) is 3.78. The number of H-pyrrole nitrogens is 1. The summed E-state index contributed by atoms with van der Waals surface area (Å²) in [6, 6.07) is 7.00. The highest BCUT2D eigenvalue weighted by Gasteiger charge is 2.41. The molecule has 2 aliphatic heterocycles. The molecule has 148 valence electrons. The van der Waals surface area contributed by atoms with Gasteiger partial charge in [0.15, 0.2) is 0 Å². The molecule has 2 N–H and O–H groups in total. The van der Waals surface area contributed by atoms with Gasteiger partial charge in [-0.25, -0.2) is 4.79 Å². The van der Waals surface area contributed by atoms with Crippen LogP contribution in [-0.2, 0) is 16.0 Å². The number of benzene rings is 1. The summed E-state index contributed by atoms with van der Waals surface area (Å²) in [6.45, 7) is 3.86. The molecule has 2 saturated heterocycles. The minimum Gasteiger partial charge on any atom is -0.361 e. The van der Waals surface area contributed by atoms with E-state index in [1.165, 1.54) is 0 Å². The normalized spacial score (nSPS) is 25.4. The molecule has 28 heavy (non-hydrogen) atoms. The molecule has 4 amide bonds. The number of nitrogens with zero attached hydrogens (tertiary/aromatic N) is 2. The van der Waals surface area contributed by atoms with E-state index < -0.39 is 12.1 Å². The summed E-state index contributed by atoms with van der Waals surface area (Å²) in [5.41, 5.74) is 1.97. The van der Waals surface area contributed by atoms with Crippen molar-refractivity contribution in [3.8, 4) is 0 Å². The molecule has 2 aliphatic rings. The Kier molecular flexibility index (Phi) is 4.83. The number of imide groups is 1. The highest BCUT2D eigenvalue weighted by molar-refractivity contribution is 6.06. The van der Waals surface area contributed by atoms with Gasteiger partial charge in [-0.2, -0.15) is 0 Å². The Morgan fingerprint density at radius 3 is 2.61 bits per heavy atom. The van der Waals surface area contributed by atoms with Crippen molar-refractivity contribution >= 4 is 28.7 Å². The second-order valence-corrected chi connectivity index (χ2v) is 7.92. The third-order valence-corrected chi connectivity index (χ3v) is 5.98. The third-order valence-electron chi connectivity index (χ3n) is 5.98. The summed E-state index contributed by atoms with van der Waals surface area (Å²) in [5.74, 6) is -0.489. The van der Waals surface area contributed by atoms with E-state index in [1.54, 1.807) is 0 Å². The van der Waals surface area contributed by atoms with Crippen molar-refractivity contribution in [1.29, 1.82) is 0 Å². The van der Waals surface area contributed by atoms with E-state index in [0.29, 0.717) is 6.42 Å². The van der Waals surface area contributed by atoms with Crippen molar-refractivity contribution in [3.05, 3.63) is 36.0 Å². The average molecular weight is 382 g/mol. The van der Waals surface area contributed by atoms with Crippen molar-refractivity contribution in [2.24, 2.45) is 0 Å². The summed E-state index contributed by atoms with van der Waals surface area (Å²) in [4.78, 5) is 44.1. The third kappa shape index (κ3) is 3.25. The molecule has 7 heteroatoms. The van der Waals surface area contributed by atoms with Gasteiger partial charge in [-0.1, -0.05) is 18.2 Å². The number of urea groups is 1. The first-order chi connectivity index (χ1) is 13.5. The molecule has 4 rings (SSSR count). The Balaban J connectivity index is 1.46. The van der Waals surface area contributed by atoms with Crippen molar-refractivity contribution in [3.63, 3.8) is 0 Å². The van der Waals surface area contributed by atoms with Crippen LogP contribution in [0.25, 0.3) is 10.9 Å². The number of aromatic nitrogens is 1. The first-order valence-electron chi connectivity index (χ1n) is 9.93. The summed E-state index contributed by atoms with van der Waals surface area (Å²) >= 11 is 0. The van der Waals surface area contributed by atoms with Gasteiger partial charge in [-0.15, -0.1) is 0 Å². The van der Waals surface area contributed by atoms with Gasteiger partial charge in [0.2, 0.25) is 5.91 Å². The molecular formula is C21H26N4O3. The second-order valence-electron chi connectivity index (χ2n) is 7.92. The summed E-state index contributed by atoms with van der Waals surface area (Å²) < 4.78 is 0. The van der Waals surface area contributed by atoms with Gasteiger partial charge in [-0.3, -0.25) is 14.5 Å². The zero-order valence-corrected chi connectivity index (χ0v) is 16.3.